The highest BCUT2D eigenvalue weighted by Crippen LogP contribution is 2.26. The van der Waals surface area contributed by atoms with Crippen molar-refractivity contribution in [2.24, 2.45) is 0 Å². The van der Waals surface area contributed by atoms with Gasteiger partial charge in [-0.3, -0.25) is 20.0 Å². The zero-order valence-electron chi connectivity index (χ0n) is 14.5. The molecule has 7 nitrogen and oxygen atoms in total. The van der Waals surface area contributed by atoms with Gasteiger partial charge in [-0.2, -0.15) is 0 Å². The smallest absolute Gasteiger partial charge is 0.270 e. The topological polar surface area (TPSA) is 99.7 Å². The Labute approximate surface area is 156 Å². The molecule has 0 amide bonds. The Bertz CT molecular complexity index is 932. The molecule has 7 heteroatoms. The summed E-state index contributed by atoms with van der Waals surface area (Å²) < 4.78 is 0. The van der Waals surface area contributed by atoms with Crippen molar-refractivity contribution < 1.29 is 15.1 Å². The van der Waals surface area contributed by atoms with Gasteiger partial charge in [-0.15, -0.1) is 0 Å². The number of nitrogens with zero attached hydrogens (tertiary/aromatic N) is 3. The number of nitro groups is 1. The SMILES string of the molecule is O=[N+]([O-])c1ccc(O)c(CN(Cc2ccccn2)Cc2ccccc2O)c1. The molecular weight excluding hydrogens is 346 g/mol. The van der Waals surface area contributed by atoms with Gasteiger partial charge in [0.1, 0.15) is 11.5 Å². The molecule has 0 radical (unpaired) electrons. The van der Waals surface area contributed by atoms with Crippen LogP contribution in [0.1, 0.15) is 16.8 Å². The number of para-hydroxylation sites is 1. The molecule has 0 saturated heterocycles. The first-order valence-electron chi connectivity index (χ1n) is 8.38. The number of rotatable bonds is 7. The lowest BCUT2D eigenvalue weighted by atomic mass is 10.1. The van der Waals surface area contributed by atoms with Gasteiger partial charge in [0, 0.05) is 49.1 Å². The summed E-state index contributed by atoms with van der Waals surface area (Å²) in [5, 5.41) is 31.3. The van der Waals surface area contributed by atoms with E-state index in [0.717, 1.165) is 11.3 Å². The maximum Gasteiger partial charge on any atom is 0.270 e. The Morgan fingerprint density at radius 2 is 1.59 bits per heavy atom. The Morgan fingerprint density at radius 3 is 2.30 bits per heavy atom. The van der Waals surface area contributed by atoms with Crippen molar-refractivity contribution in [3.05, 3.63) is 93.8 Å². The summed E-state index contributed by atoms with van der Waals surface area (Å²) in [6.45, 7) is 1.11. The monoisotopic (exact) mass is 365 g/mol. The van der Waals surface area contributed by atoms with Crippen LogP contribution < -0.4 is 0 Å². The van der Waals surface area contributed by atoms with Crippen molar-refractivity contribution >= 4 is 5.69 Å². The zero-order chi connectivity index (χ0) is 19.2. The average Bonchev–Trinajstić information content (AvgIpc) is 2.66. The Kier molecular flexibility index (Phi) is 5.63. The maximum absolute atomic E-state index is 11.0. The molecular formula is C20H19N3O4. The van der Waals surface area contributed by atoms with E-state index in [1.165, 1.54) is 18.2 Å². The molecule has 138 valence electrons. The minimum atomic E-state index is -0.491. The summed E-state index contributed by atoms with van der Waals surface area (Å²) in [6, 6.07) is 16.5. The number of nitro benzene ring substituents is 1. The van der Waals surface area contributed by atoms with Gasteiger partial charge in [0.15, 0.2) is 0 Å². The van der Waals surface area contributed by atoms with E-state index in [0.29, 0.717) is 18.7 Å². The van der Waals surface area contributed by atoms with Gasteiger partial charge in [0.2, 0.25) is 0 Å². The zero-order valence-corrected chi connectivity index (χ0v) is 14.5. The van der Waals surface area contributed by atoms with E-state index < -0.39 is 4.92 Å². The van der Waals surface area contributed by atoms with Gasteiger partial charge in [0.05, 0.1) is 10.6 Å². The van der Waals surface area contributed by atoms with Crippen LogP contribution in [0.5, 0.6) is 11.5 Å². The Hall–Kier alpha value is -3.45. The minimum Gasteiger partial charge on any atom is -0.508 e. The number of phenols is 2. The molecule has 0 aliphatic heterocycles. The molecule has 2 aromatic carbocycles. The second kappa shape index (κ2) is 8.29. The largest absolute Gasteiger partial charge is 0.508 e. The summed E-state index contributed by atoms with van der Waals surface area (Å²) >= 11 is 0. The molecule has 0 aliphatic rings. The van der Waals surface area contributed by atoms with Crippen molar-refractivity contribution in [1.82, 2.24) is 9.88 Å². The lowest BCUT2D eigenvalue weighted by Crippen LogP contribution is -2.23. The highest BCUT2D eigenvalue weighted by atomic mass is 16.6. The van der Waals surface area contributed by atoms with Crippen molar-refractivity contribution in [3.63, 3.8) is 0 Å². The number of aromatic hydroxyl groups is 2. The van der Waals surface area contributed by atoms with Crippen LogP contribution in [0.4, 0.5) is 5.69 Å². The normalized spacial score (nSPS) is 10.9. The van der Waals surface area contributed by atoms with E-state index >= 15 is 0 Å². The molecule has 3 rings (SSSR count). The molecule has 3 aromatic rings. The van der Waals surface area contributed by atoms with Crippen molar-refractivity contribution in [2.45, 2.75) is 19.6 Å². The van der Waals surface area contributed by atoms with Crippen LogP contribution in [0.15, 0.2) is 66.9 Å². The van der Waals surface area contributed by atoms with E-state index in [2.05, 4.69) is 4.98 Å². The molecule has 1 aromatic heterocycles. The van der Waals surface area contributed by atoms with Crippen LogP contribution in [-0.4, -0.2) is 25.0 Å². The number of non-ortho nitro benzene ring substituents is 1. The fourth-order valence-corrected chi connectivity index (χ4v) is 2.83. The van der Waals surface area contributed by atoms with E-state index in [9.17, 15) is 20.3 Å². The standard InChI is InChI=1S/C20H19N3O4/c24-19-7-2-1-5-15(19)12-22(14-17-6-3-4-10-21-17)13-16-11-18(23(26)27)8-9-20(16)25/h1-11,24-25H,12-14H2. The van der Waals surface area contributed by atoms with Crippen molar-refractivity contribution in [2.75, 3.05) is 0 Å². The van der Waals surface area contributed by atoms with Crippen LogP contribution in [0.3, 0.4) is 0 Å². The average molecular weight is 365 g/mol. The van der Waals surface area contributed by atoms with Crippen LogP contribution in [0.2, 0.25) is 0 Å². The molecule has 1 heterocycles. The number of pyridine rings is 1. The molecule has 0 saturated carbocycles. The van der Waals surface area contributed by atoms with E-state index in [-0.39, 0.29) is 23.7 Å². The number of aromatic nitrogens is 1. The van der Waals surface area contributed by atoms with Gasteiger partial charge in [0.25, 0.3) is 5.69 Å². The second-order valence-corrected chi connectivity index (χ2v) is 6.17. The Balaban J connectivity index is 1.88. The van der Waals surface area contributed by atoms with E-state index in [1.807, 2.05) is 35.2 Å². The quantitative estimate of drug-likeness (QED) is 0.490. The molecule has 0 unspecified atom stereocenters. The minimum absolute atomic E-state index is 0.0103. The summed E-state index contributed by atoms with van der Waals surface area (Å²) in [7, 11) is 0. The summed E-state index contributed by atoms with van der Waals surface area (Å²) in [5.74, 6) is 0.163. The third kappa shape index (κ3) is 4.80. The molecule has 27 heavy (non-hydrogen) atoms. The summed E-state index contributed by atoms with van der Waals surface area (Å²) in [4.78, 5) is 16.8. The molecule has 0 spiro atoms. The highest BCUT2D eigenvalue weighted by molar-refractivity contribution is 5.43. The lowest BCUT2D eigenvalue weighted by Gasteiger charge is -2.23. The lowest BCUT2D eigenvalue weighted by molar-refractivity contribution is -0.385. The predicted molar refractivity (Wildman–Crippen MR) is 100 cm³/mol. The third-order valence-electron chi connectivity index (χ3n) is 4.17. The third-order valence-corrected chi connectivity index (χ3v) is 4.17. The van der Waals surface area contributed by atoms with Crippen LogP contribution in [-0.2, 0) is 19.6 Å². The number of hydrogen-bond acceptors (Lipinski definition) is 6. The van der Waals surface area contributed by atoms with Gasteiger partial charge in [-0.1, -0.05) is 24.3 Å². The first-order valence-corrected chi connectivity index (χ1v) is 8.38. The van der Waals surface area contributed by atoms with Gasteiger partial charge in [-0.05, 0) is 24.3 Å². The fourth-order valence-electron chi connectivity index (χ4n) is 2.83. The first kappa shape index (κ1) is 18.3. The van der Waals surface area contributed by atoms with Crippen molar-refractivity contribution in [3.8, 4) is 11.5 Å². The van der Waals surface area contributed by atoms with Crippen molar-refractivity contribution in [1.29, 1.82) is 0 Å². The summed E-state index contributed by atoms with van der Waals surface area (Å²) in [5.41, 5.74) is 1.90. The molecule has 0 fully saturated rings. The van der Waals surface area contributed by atoms with Gasteiger partial charge in [-0.25, -0.2) is 0 Å². The van der Waals surface area contributed by atoms with Gasteiger partial charge >= 0.3 is 0 Å². The number of phenolic OH excluding ortho intramolecular Hbond substituents is 2. The van der Waals surface area contributed by atoms with Crippen LogP contribution in [0, 0.1) is 10.1 Å². The summed E-state index contributed by atoms with van der Waals surface area (Å²) in [6.07, 6.45) is 1.69. The molecule has 0 atom stereocenters. The number of hydrogen-bond donors (Lipinski definition) is 2. The van der Waals surface area contributed by atoms with Crippen LogP contribution >= 0.6 is 0 Å². The number of benzene rings is 2. The van der Waals surface area contributed by atoms with Crippen LogP contribution in [0.25, 0.3) is 0 Å². The van der Waals surface area contributed by atoms with Gasteiger partial charge < -0.3 is 10.2 Å². The van der Waals surface area contributed by atoms with E-state index in [4.69, 9.17) is 0 Å². The fraction of sp³-hybridized carbons (Fsp3) is 0.150. The molecule has 2 N–H and O–H groups in total. The highest BCUT2D eigenvalue weighted by Gasteiger charge is 2.16. The molecule has 0 aliphatic carbocycles. The maximum atomic E-state index is 11.0. The Morgan fingerprint density at radius 1 is 0.889 bits per heavy atom. The van der Waals surface area contributed by atoms with E-state index in [1.54, 1.807) is 18.3 Å². The first-order chi connectivity index (χ1) is 13.0. The predicted octanol–water partition coefficient (Wildman–Crippen LogP) is 3.60. The molecule has 0 bridgehead atoms. The second-order valence-electron chi connectivity index (χ2n) is 6.17.